The number of carbonyl (C=O) groups is 1. The number of hydrogen-bond donors (Lipinski definition) is 1. The van der Waals surface area contributed by atoms with E-state index in [0.29, 0.717) is 50.2 Å². The van der Waals surface area contributed by atoms with Crippen LogP contribution in [0.1, 0.15) is 12.6 Å². The summed E-state index contributed by atoms with van der Waals surface area (Å²) in [6.07, 6.45) is -0.286. The van der Waals surface area contributed by atoms with E-state index < -0.39 is 0 Å². The Kier molecular flexibility index (Phi) is 5.50. The van der Waals surface area contributed by atoms with Gasteiger partial charge < -0.3 is 19.9 Å². The van der Waals surface area contributed by atoms with Crippen molar-refractivity contribution in [3.05, 3.63) is 41.8 Å². The number of rotatable bonds is 4. The van der Waals surface area contributed by atoms with Crippen LogP contribution in [-0.4, -0.2) is 53.7 Å². The lowest BCUT2D eigenvalue weighted by molar-refractivity contribution is 0.105. The zero-order valence-electron chi connectivity index (χ0n) is 14.9. The number of benzene rings is 1. The predicted octanol–water partition coefficient (Wildman–Crippen LogP) is 2.95. The predicted molar refractivity (Wildman–Crippen MR) is 97.3 cm³/mol. The maximum Gasteiger partial charge on any atom is 0.409 e. The van der Waals surface area contributed by atoms with Crippen molar-refractivity contribution in [2.75, 3.05) is 43.0 Å². The van der Waals surface area contributed by atoms with Crippen LogP contribution in [0.4, 0.5) is 26.6 Å². The fourth-order valence-electron chi connectivity index (χ4n) is 2.78. The number of halogens is 1. The van der Waals surface area contributed by atoms with Crippen molar-refractivity contribution >= 4 is 23.5 Å². The highest BCUT2D eigenvalue weighted by Crippen LogP contribution is 2.20. The van der Waals surface area contributed by atoms with E-state index in [1.165, 1.54) is 12.1 Å². The molecule has 1 saturated heterocycles. The molecule has 0 saturated carbocycles. The lowest BCUT2D eigenvalue weighted by atomic mass is 10.3. The molecule has 3 rings (SSSR count). The Morgan fingerprint density at radius 2 is 2.00 bits per heavy atom. The Morgan fingerprint density at radius 3 is 2.69 bits per heavy atom. The van der Waals surface area contributed by atoms with E-state index in [-0.39, 0.29) is 11.9 Å². The van der Waals surface area contributed by atoms with Crippen molar-refractivity contribution in [3.8, 4) is 0 Å². The number of ether oxygens (including phenoxy) is 1. The van der Waals surface area contributed by atoms with Crippen LogP contribution in [-0.2, 0) is 4.74 Å². The Bertz CT molecular complexity index is 778. The standard InChI is InChI=1S/C18H22FN5O2/c1-3-26-18(25)24-9-7-23(8-10-24)17-20-13(2)11-16(22-17)21-15-6-4-5-14(19)12-15/h4-6,11-12H,3,7-10H2,1-2H3,(H,20,21,22). The number of carbonyl (C=O) groups excluding carboxylic acids is 1. The summed E-state index contributed by atoms with van der Waals surface area (Å²) >= 11 is 0. The fraction of sp³-hybridized carbons (Fsp3) is 0.389. The summed E-state index contributed by atoms with van der Waals surface area (Å²) in [5.41, 5.74) is 1.43. The molecule has 7 nitrogen and oxygen atoms in total. The van der Waals surface area contributed by atoms with Gasteiger partial charge in [-0.1, -0.05) is 6.07 Å². The van der Waals surface area contributed by atoms with Gasteiger partial charge in [0.25, 0.3) is 0 Å². The second kappa shape index (κ2) is 7.99. The van der Waals surface area contributed by atoms with Crippen LogP contribution in [0.25, 0.3) is 0 Å². The van der Waals surface area contributed by atoms with Crippen molar-refractivity contribution in [1.29, 1.82) is 0 Å². The number of aromatic nitrogens is 2. The van der Waals surface area contributed by atoms with Gasteiger partial charge in [0.05, 0.1) is 6.61 Å². The SMILES string of the molecule is CCOC(=O)N1CCN(c2nc(C)cc(Nc3cccc(F)c3)n2)CC1. The summed E-state index contributed by atoms with van der Waals surface area (Å²) in [6.45, 7) is 6.42. The van der Waals surface area contributed by atoms with Gasteiger partial charge in [-0.05, 0) is 32.0 Å². The zero-order chi connectivity index (χ0) is 18.5. The smallest absolute Gasteiger partial charge is 0.409 e. The maximum absolute atomic E-state index is 13.4. The molecule has 0 bridgehead atoms. The van der Waals surface area contributed by atoms with Gasteiger partial charge in [-0.15, -0.1) is 0 Å². The third-order valence-electron chi connectivity index (χ3n) is 4.03. The summed E-state index contributed by atoms with van der Waals surface area (Å²) in [4.78, 5) is 24.5. The van der Waals surface area contributed by atoms with E-state index in [1.807, 2.05) is 17.9 Å². The third kappa shape index (κ3) is 4.38. The molecule has 1 aliphatic heterocycles. The van der Waals surface area contributed by atoms with Crippen molar-refractivity contribution in [2.45, 2.75) is 13.8 Å². The molecule has 8 heteroatoms. The summed E-state index contributed by atoms with van der Waals surface area (Å²) in [6, 6.07) is 8.03. The molecular weight excluding hydrogens is 337 g/mol. The van der Waals surface area contributed by atoms with Crippen molar-refractivity contribution in [1.82, 2.24) is 14.9 Å². The van der Waals surface area contributed by atoms with E-state index in [9.17, 15) is 9.18 Å². The minimum atomic E-state index is -0.309. The summed E-state index contributed by atoms with van der Waals surface area (Å²) in [5.74, 6) is 0.884. The first kappa shape index (κ1) is 17.9. The Labute approximate surface area is 151 Å². The molecule has 1 aliphatic rings. The number of hydrogen-bond acceptors (Lipinski definition) is 6. The average molecular weight is 359 g/mol. The normalized spacial score (nSPS) is 14.3. The van der Waals surface area contributed by atoms with Gasteiger partial charge in [0, 0.05) is 43.6 Å². The molecule has 0 spiro atoms. The first-order valence-electron chi connectivity index (χ1n) is 8.60. The number of aryl methyl sites for hydroxylation is 1. The number of piperazine rings is 1. The van der Waals surface area contributed by atoms with Gasteiger partial charge in [0.15, 0.2) is 0 Å². The lowest BCUT2D eigenvalue weighted by Gasteiger charge is -2.34. The second-order valence-corrected chi connectivity index (χ2v) is 6.00. The van der Waals surface area contributed by atoms with E-state index in [2.05, 4.69) is 15.3 Å². The van der Waals surface area contributed by atoms with Gasteiger partial charge >= 0.3 is 6.09 Å². The number of nitrogens with one attached hydrogen (secondary N) is 1. The molecule has 2 heterocycles. The van der Waals surface area contributed by atoms with Crippen LogP contribution in [0, 0.1) is 12.7 Å². The molecule has 0 atom stereocenters. The minimum absolute atomic E-state index is 0.286. The van der Waals surface area contributed by atoms with E-state index in [1.54, 1.807) is 24.0 Å². The van der Waals surface area contributed by atoms with Crippen molar-refractivity contribution in [2.24, 2.45) is 0 Å². The molecule has 2 aromatic rings. The molecule has 1 aromatic heterocycles. The maximum atomic E-state index is 13.4. The van der Waals surface area contributed by atoms with Gasteiger partial charge in [0.2, 0.25) is 5.95 Å². The highest BCUT2D eigenvalue weighted by atomic mass is 19.1. The highest BCUT2D eigenvalue weighted by Gasteiger charge is 2.23. The Morgan fingerprint density at radius 1 is 1.23 bits per heavy atom. The zero-order valence-corrected chi connectivity index (χ0v) is 14.9. The van der Waals surface area contributed by atoms with Crippen LogP contribution < -0.4 is 10.2 Å². The van der Waals surface area contributed by atoms with Crippen LogP contribution >= 0.6 is 0 Å². The molecule has 0 aliphatic carbocycles. The summed E-state index contributed by atoms with van der Waals surface area (Å²) < 4.78 is 18.4. The number of nitrogens with zero attached hydrogens (tertiary/aromatic N) is 4. The van der Waals surface area contributed by atoms with Gasteiger partial charge in [-0.25, -0.2) is 14.2 Å². The molecule has 138 valence electrons. The quantitative estimate of drug-likeness (QED) is 0.905. The van der Waals surface area contributed by atoms with E-state index in [0.717, 1.165) is 5.69 Å². The van der Waals surface area contributed by atoms with Gasteiger partial charge in [0.1, 0.15) is 11.6 Å². The van der Waals surface area contributed by atoms with Crippen LogP contribution in [0.2, 0.25) is 0 Å². The summed E-state index contributed by atoms with van der Waals surface area (Å²) in [7, 11) is 0. The molecule has 1 aromatic carbocycles. The first-order valence-corrected chi connectivity index (χ1v) is 8.60. The molecule has 26 heavy (non-hydrogen) atoms. The largest absolute Gasteiger partial charge is 0.450 e. The third-order valence-corrected chi connectivity index (χ3v) is 4.03. The number of anilines is 3. The minimum Gasteiger partial charge on any atom is -0.450 e. The second-order valence-electron chi connectivity index (χ2n) is 6.00. The topological polar surface area (TPSA) is 70.6 Å². The average Bonchev–Trinajstić information content (AvgIpc) is 2.61. The van der Waals surface area contributed by atoms with Crippen molar-refractivity contribution in [3.63, 3.8) is 0 Å². The van der Waals surface area contributed by atoms with Crippen molar-refractivity contribution < 1.29 is 13.9 Å². The van der Waals surface area contributed by atoms with Crippen LogP contribution in [0.3, 0.4) is 0 Å². The lowest BCUT2D eigenvalue weighted by Crippen LogP contribution is -2.49. The molecule has 0 unspecified atom stereocenters. The summed E-state index contributed by atoms with van der Waals surface area (Å²) in [5, 5.41) is 3.11. The Balaban J connectivity index is 1.69. The van der Waals surface area contributed by atoms with Gasteiger partial charge in [-0.3, -0.25) is 0 Å². The molecule has 1 N–H and O–H groups in total. The van der Waals surface area contributed by atoms with Crippen LogP contribution in [0.15, 0.2) is 30.3 Å². The fourth-order valence-corrected chi connectivity index (χ4v) is 2.78. The van der Waals surface area contributed by atoms with E-state index >= 15 is 0 Å². The molecular formula is C18H22FN5O2. The molecule has 1 amide bonds. The molecule has 0 radical (unpaired) electrons. The molecule has 1 fully saturated rings. The number of amides is 1. The highest BCUT2D eigenvalue weighted by molar-refractivity contribution is 5.68. The Hall–Kier alpha value is -2.90. The monoisotopic (exact) mass is 359 g/mol. The van der Waals surface area contributed by atoms with Crippen LogP contribution in [0.5, 0.6) is 0 Å². The first-order chi connectivity index (χ1) is 12.5. The van der Waals surface area contributed by atoms with Gasteiger partial charge in [-0.2, -0.15) is 4.98 Å². The van der Waals surface area contributed by atoms with E-state index in [4.69, 9.17) is 4.74 Å².